The van der Waals surface area contributed by atoms with Gasteiger partial charge in [0.15, 0.2) is 0 Å². The molecular weight excluding hydrogens is 270 g/mol. The maximum absolute atomic E-state index is 12.2. The van der Waals surface area contributed by atoms with Gasteiger partial charge >= 0.3 is 12.1 Å². The lowest BCUT2D eigenvalue weighted by molar-refractivity contribution is -0.146. The summed E-state index contributed by atoms with van der Waals surface area (Å²) in [6.07, 6.45) is 8.75. The maximum Gasteiger partial charge on any atom is 0.410 e. The fourth-order valence-corrected chi connectivity index (χ4v) is 2.67. The summed E-state index contributed by atoms with van der Waals surface area (Å²) in [7, 11) is 0. The second kappa shape index (κ2) is 7.86. The van der Waals surface area contributed by atoms with Gasteiger partial charge in [-0.2, -0.15) is 0 Å². The number of hydrogen-bond acceptors (Lipinski definition) is 4. The van der Waals surface area contributed by atoms with E-state index < -0.39 is 0 Å². The molecule has 21 heavy (non-hydrogen) atoms. The quantitative estimate of drug-likeness (QED) is 0.590. The van der Waals surface area contributed by atoms with Crippen molar-refractivity contribution in [2.45, 2.75) is 38.5 Å². The van der Waals surface area contributed by atoms with Crippen LogP contribution in [0.1, 0.15) is 38.5 Å². The number of esters is 1. The van der Waals surface area contributed by atoms with Gasteiger partial charge in [0, 0.05) is 19.5 Å². The van der Waals surface area contributed by atoms with Crippen molar-refractivity contribution < 1.29 is 19.1 Å². The highest BCUT2D eigenvalue weighted by Gasteiger charge is 2.30. The SMILES string of the molecule is C=CCOC(=O)N1CCCC(C(=O)OC2=CCCCC2)C1. The summed E-state index contributed by atoms with van der Waals surface area (Å²) < 4.78 is 10.5. The molecule has 0 spiro atoms. The summed E-state index contributed by atoms with van der Waals surface area (Å²) in [5.41, 5.74) is 0. The molecule has 0 N–H and O–H groups in total. The fourth-order valence-electron chi connectivity index (χ4n) is 2.67. The number of ether oxygens (including phenoxy) is 2. The largest absolute Gasteiger partial charge is 0.445 e. The summed E-state index contributed by atoms with van der Waals surface area (Å²) in [4.78, 5) is 25.6. The topological polar surface area (TPSA) is 55.8 Å². The fraction of sp³-hybridized carbons (Fsp3) is 0.625. The zero-order chi connectivity index (χ0) is 15.1. The van der Waals surface area contributed by atoms with Crippen LogP contribution >= 0.6 is 0 Å². The van der Waals surface area contributed by atoms with Gasteiger partial charge in [-0.15, -0.1) is 0 Å². The summed E-state index contributed by atoms with van der Waals surface area (Å²) in [6, 6.07) is 0. The summed E-state index contributed by atoms with van der Waals surface area (Å²) >= 11 is 0. The Bertz CT molecular complexity index is 430. The Labute approximate surface area is 125 Å². The van der Waals surface area contributed by atoms with Gasteiger partial charge < -0.3 is 14.4 Å². The number of carbonyl (C=O) groups excluding carboxylic acids is 2. The van der Waals surface area contributed by atoms with Gasteiger partial charge in [-0.25, -0.2) is 4.79 Å². The van der Waals surface area contributed by atoms with E-state index in [4.69, 9.17) is 9.47 Å². The first-order chi connectivity index (χ1) is 10.2. The van der Waals surface area contributed by atoms with Crippen molar-refractivity contribution >= 4 is 12.1 Å². The van der Waals surface area contributed by atoms with Crippen LogP contribution in [0.2, 0.25) is 0 Å². The number of likely N-dealkylation sites (tertiary alicyclic amines) is 1. The number of carbonyl (C=O) groups is 2. The molecule has 0 aromatic carbocycles. The number of nitrogens with zero attached hydrogens (tertiary/aromatic N) is 1. The van der Waals surface area contributed by atoms with E-state index in [1.54, 1.807) is 4.90 Å². The predicted octanol–water partition coefficient (Wildman–Crippen LogP) is 3.02. The first-order valence-corrected chi connectivity index (χ1v) is 7.64. The minimum Gasteiger partial charge on any atom is -0.445 e. The molecule has 1 aliphatic heterocycles. The van der Waals surface area contributed by atoms with Crippen LogP contribution in [0, 0.1) is 5.92 Å². The lowest BCUT2D eigenvalue weighted by atomic mass is 9.98. The highest BCUT2D eigenvalue weighted by molar-refractivity contribution is 5.75. The van der Waals surface area contributed by atoms with E-state index in [-0.39, 0.29) is 24.6 Å². The molecule has 2 aliphatic rings. The van der Waals surface area contributed by atoms with Crippen LogP contribution in [0.3, 0.4) is 0 Å². The predicted molar refractivity (Wildman–Crippen MR) is 78.5 cm³/mol. The second-order valence-electron chi connectivity index (χ2n) is 5.49. The Morgan fingerprint density at radius 1 is 1.38 bits per heavy atom. The van der Waals surface area contributed by atoms with Gasteiger partial charge in [-0.3, -0.25) is 4.79 Å². The molecule has 2 rings (SSSR count). The van der Waals surface area contributed by atoms with Gasteiger partial charge in [-0.1, -0.05) is 12.7 Å². The molecule has 1 fully saturated rings. The normalized spacial score (nSPS) is 22.2. The van der Waals surface area contributed by atoms with Crippen LogP contribution in [0.25, 0.3) is 0 Å². The van der Waals surface area contributed by atoms with E-state index in [0.29, 0.717) is 13.1 Å². The third kappa shape index (κ3) is 4.62. The molecule has 0 aromatic rings. The highest BCUT2D eigenvalue weighted by Crippen LogP contribution is 2.23. The van der Waals surface area contributed by atoms with E-state index in [1.807, 2.05) is 6.08 Å². The molecule has 1 amide bonds. The van der Waals surface area contributed by atoms with Crippen LogP contribution < -0.4 is 0 Å². The standard InChI is InChI=1S/C16H23NO4/c1-2-11-20-16(19)17-10-6-7-13(12-17)15(18)21-14-8-4-3-5-9-14/h2,8,13H,1,3-7,9-12H2. The van der Waals surface area contributed by atoms with Gasteiger partial charge in [0.05, 0.1) is 5.92 Å². The lowest BCUT2D eigenvalue weighted by Gasteiger charge is -2.31. The molecule has 5 heteroatoms. The Hall–Kier alpha value is -1.78. The smallest absolute Gasteiger partial charge is 0.410 e. The monoisotopic (exact) mass is 293 g/mol. The number of amides is 1. The average molecular weight is 293 g/mol. The second-order valence-corrected chi connectivity index (χ2v) is 5.49. The minimum atomic E-state index is -0.385. The Kier molecular flexibility index (Phi) is 5.84. The molecule has 0 radical (unpaired) electrons. The summed E-state index contributed by atoms with van der Waals surface area (Å²) in [5, 5.41) is 0. The molecule has 1 saturated heterocycles. The van der Waals surface area contributed by atoms with Crippen molar-refractivity contribution in [1.82, 2.24) is 4.90 Å². The molecule has 0 bridgehead atoms. The van der Waals surface area contributed by atoms with Crippen LogP contribution in [-0.2, 0) is 14.3 Å². The molecule has 1 aliphatic carbocycles. The van der Waals surface area contributed by atoms with Gasteiger partial charge in [-0.05, 0) is 38.2 Å². The summed E-state index contributed by atoms with van der Waals surface area (Å²) in [5.74, 6) is 0.319. The summed E-state index contributed by atoms with van der Waals surface area (Å²) in [6.45, 7) is 4.71. The van der Waals surface area contributed by atoms with Crippen LogP contribution in [0.5, 0.6) is 0 Å². The third-order valence-corrected chi connectivity index (χ3v) is 3.82. The maximum atomic E-state index is 12.2. The van der Waals surface area contributed by atoms with Gasteiger partial charge in [0.1, 0.15) is 12.4 Å². The first-order valence-electron chi connectivity index (χ1n) is 7.64. The van der Waals surface area contributed by atoms with E-state index in [1.165, 1.54) is 6.08 Å². The molecule has 0 saturated carbocycles. The van der Waals surface area contributed by atoms with Crippen molar-refractivity contribution in [3.63, 3.8) is 0 Å². The van der Waals surface area contributed by atoms with Crippen LogP contribution in [0.15, 0.2) is 24.5 Å². The third-order valence-electron chi connectivity index (χ3n) is 3.82. The van der Waals surface area contributed by atoms with E-state index >= 15 is 0 Å². The number of allylic oxidation sites excluding steroid dienone is 2. The van der Waals surface area contributed by atoms with Crippen molar-refractivity contribution in [2.24, 2.45) is 5.92 Å². The molecule has 1 heterocycles. The van der Waals surface area contributed by atoms with Crippen LogP contribution in [-0.4, -0.2) is 36.7 Å². The van der Waals surface area contributed by atoms with Crippen molar-refractivity contribution in [1.29, 1.82) is 0 Å². The number of hydrogen-bond donors (Lipinski definition) is 0. The molecule has 5 nitrogen and oxygen atoms in total. The van der Waals surface area contributed by atoms with E-state index in [9.17, 15) is 9.59 Å². The van der Waals surface area contributed by atoms with E-state index in [2.05, 4.69) is 6.58 Å². The first kappa shape index (κ1) is 15.6. The Balaban J connectivity index is 1.84. The molecule has 0 aromatic heterocycles. The zero-order valence-corrected chi connectivity index (χ0v) is 12.4. The zero-order valence-electron chi connectivity index (χ0n) is 12.4. The molecule has 1 atom stereocenters. The highest BCUT2D eigenvalue weighted by atomic mass is 16.6. The average Bonchev–Trinajstić information content (AvgIpc) is 2.53. The minimum absolute atomic E-state index is 0.192. The number of rotatable bonds is 4. The molecule has 116 valence electrons. The van der Waals surface area contributed by atoms with Crippen molar-refractivity contribution in [2.75, 3.05) is 19.7 Å². The van der Waals surface area contributed by atoms with Gasteiger partial charge in [0.2, 0.25) is 0 Å². The molecular formula is C16H23NO4. The molecule has 1 unspecified atom stereocenters. The Morgan fingerprint density at radius 3 is 2.95 bits per heavy atom. The van der Waals surface area contributed by atoms with Crippen molar-refractivity contribution in [3.8, 4) is 0 Å². The Morgan fingerprint density at radius 2 is 2.24 bits per heavy atom. The van der Waals surface area contributed by atoms with E-state index in [0.717, 1.165) is 44.3 Å². The van der Waals surface area contributed by atoms with Gasteiger partial charge in [0.25, 0.3) is 0 Å². The lowest BCUT2D eigenvalue weighted by Crippen LogP contribution is -2.43. The van der Waals surface area contributed by atoms with Crippen molar-refractivity contribution in [3.05, 3.63) is 24.5 Å². The number of piperidine rings is 1. The van der Waals surface area contributed by atoms with Crippen LogP contribution in [0.4, 0.5) is 4.79 Å².